The molecular weight excluding hydrogens is 357 g/mol. The lowest BCUT2D eigenvalue weighted by Gasteiger charge is -2.32. The predicted octanol–water partition coefficient (Wildman–Crippen LogP) is 0.563. The number of benzene rings is 1. The third-order valence-corrected chi connectivity index (χ3v) is 6.04. The maximum atomic E-state index is 12.7. The summed E-state index contributed by atoms with van der Waals surface area (Å²) in [6.45, 7) is 0.469. The van der Waals surface area contributed by atoms with Gasteiger partial charge in [-0.25, -0.2) is 8.42 Å². The lowest BCUT2D eigenvalue weighted by Crippen LogP contribution is -2.56. The maximum Gasteiger partial charge on any atom is 0.327 e. The number of hydrogen-bond acceptors (Lipinski definition) is 5. The first-order chi connectivity index (χ1) is 10.0. The number of rotatable bonds is 3. The number of β-amino-alcohol motifs (C(OH)–C–C–N with tert-alkyl or cyclic N) is 1. The number of carboxylic acids is 1. The van der Waals surface area contributed by atoms with Gasteiger partial charge >= 0.3 is 5.97 Å². The van der Waals surface area contributed by atoms with E-state index in [0.29, 0.717) is 4.31 Å². The van der Waals surface area contributed by atoms with Crippen molar-refractivity contribution in [3.8, 4) is 0 Å². The van der Waals surface area contributed by atoms with Crippen LogP contribution in [-0.2, 0) is 14.8 Å². The van der Waals surface area contributed by atoms with E-state index in [-0.39, 0.29) is 14.9 Å². The molecule has 0 aromatic heterocycles. The molecule has 0 aliphatic carbocycles. The van der Waals surface area contributed by atoms with Gasteiger partial charge in [0.05, 0.1) is 11.0 Å². The monoisotopic (exact) mass is 369 g/mol. The molecule has 0 bridgehead atoms. The fourth-order valence-electron chi connectivity index (χ4n) is 2.37. The Morgan fingerprint density at radius 1 is 1.27 bits per heavy atom. The highest BCUT2D eigenvalue weighted by Gasteiger charge is 2.59. The largest absolute Gasteiger partial charge is 0.480 e. The lowest BCUT2D eigenvalue weighted by molar-refractivity contribution is -0.151. The number of halogens is 2. The topological polar surface area (TPSA) is 115 Å². The minimum Gasteiger partial charge on any atom is -0.480 e. The Balaban J connectivity index is 2.59. The van der Waals surface area contributed by atoms with Crippen molar-refractivity contribution in [2.75, 3.05) is 6.54 Å². The lowest BCUT2D eigenvalue weighted by atomic mass is 9.96. The molecule has 0 radical (unpaired) electrons. The van der Waals surface area contributed by atoms with Crippen LogP contribution in [0.15, 0.2) is 23.1 Å². The predicted molar refractivity (Wildman–Crippen MR) is 78.4 cm³/mol. The van der Waals surface area contributed by atoms with E-state index in [2.05, 4.69) is 0 Å². The van der Waals surface area contributed by atoms with Crippen molar-refractivity contribution in [1.29, 1.82) is 0 Å². The second kappa shape index (κ2) is 5.63. The van der Waals surface area contributed by atoms with Gasteiger partial charge in [0.2, 0.25) is 10.0 Å². The summed E-state index contributed by atoms with van der Waals surface area (Å²) in [5.74, 6) is -1.58. The summed E-state index contributed by atoms with van der Waals surface area (Å²) in [7, 11) is -4.34. The van der Waals surface area contributed by atoms with Gasteiger partial charge in [-0.3, -0.25) is 4.79 Å². The van der Waals surface area contributed by atoms with Crippen LogP contribution in [0, 0.1) is 0 Å². The fraction of sp³-hybridized carbons (Fsp3) is 0.417. The zero-order valence-corrected chi connectivity index (χ0v) is 13.6. The van der Waals surface area contributed by atoms with E-state index in [1.165, 1.54) is 6.07 Å². The summed E-state index contributed by atoms with van der Waals surface area (Å²) < 4.78 is 25.9. The Hall–Kier alpha value is -0.900. The Morgan fingerprint density at radius 3 is 2.23 bits per heavy atom. The van der Waals surface area contributed by atoms with Crippen molar-refractivity contribution in [3.63, 3.8) is 0 Å². The van der Waals surface area contributed by atoms with Crippen LogP contribution in [-0.4, -0.2) is 58.3 Å². The van der Waals surface area contributed by atoms with Crippen LogP contribution >= 0.6 is 23.2 Å². The van der Waals surface area contributed by atoms with Crippen LogP contribution < -0.4 is 0 Å². The number of aliphatic carboxylic acids is 1. The minimum atomic E-state index is -4.34. The number of aliphatic hydroxyl groups excluding tert-OH is 2. The second-order valence-electron chi connectivity index (χ2n) is 5.11. The summed E-state index contributed by atoms with van der Waals surface area (Å²) >= 11 is 11.5. The van der Waals surface area contributed by atoms with Crippen molar-refractivity contribution in [2.24, 2.45) is 0 Å². The van der Waals surface area contributed by atoms with E-state index in [1.54, 1.807) is 0 Å². The van der Waals surface area contributed by atoms with Crippen molar-refractivity contribution in [1.82, 2.24) is 4.31 Å². The van der Waals surface area contributed by atoms with Crippen molar-refractivity contribution >= 4 is 39.2 Å². The third kappa shape index (κ3) is 2.60. The van der Waals surface area contributed by atoms with Gasteiger partial charge < -0.3 is 15.3 Å². The molecule has 3 atom stereocenters. The molecule has 1 aromatic rings. The molecule has 1 fully saturated rings. The average molecular weight is 370 g/mol. The van der Waals surface area contributed by atoms with Crippen LogP contribution in [0.1, 0.15) is 6.92 Å². The standard InChI is InChI=1S/C12H13Cl2NO6S/c1-12(11(18)19)10(17)9(16)5-15(12)22(20,21)8-3-6(13)2-7(14)4-8/h2-4,9-10,16-17H,5H2,1H3,(H,18,19)/t9?,10?,12-/m0/s1. The molecule has 0 spiro atoms. The Kier molecular flexibility index (Phi) is 4.46. The highest BCUT2D eigenvalue weighted by atomic mass is 35.5. The molecule has 1 aliphatic heterocycles. The highest BCUT2D eigenvalue weighted by Crippen LogP contribution is 2.36. The van der Waals surface area contributed by atoms with Crippen molar-refractivity contribution < 1.29 is 28.5 Å². The van der Waals surface area contributed by atoms with Crippen LogP contribution in [0.4, 0.5) is 0 Å². The third-order valence-electron chi connectivity index (χ3n) is 3.67. The van der Waals surface area contributed by atoms with Gasteiger partial charge in [-0.2, -0.15) is 4.31 Å². The first-order valence-corrected chi connectivity index (χ1v) is 8.29. The van der Waals surface area contributed by atoms with Gasteiger partial charge in [0, 0.05) is 16.6 Å². The SMILES string of the molecule is C[C@@]1(C(=O)O)C(O)C(O)CN1S(=O)(=O)c1cc(Cl)cc(Cl)c1. The molecule has 1 aliphatic rings. The van der Waals surface area contributed by atoms with E-state index in [1.807, 2.05) is 0 Å². The molecule has 0 amide bonds. The number of carbonyl (C=O) groups is 1. The zero-order valence-electron chi connectivity index (χ0n) is 11.3. The molecule has 2 unspecified atom stereocenters. The smallest absolute Gasteiger partial charge is 0.327 e. The normalized spacial score (nSPS) is 29.7. The molecule has 0 saturated carbocycles. The minimum absolute atomic E-state index is 0.0587. The molecule has 22 heavy (non-hydrogen) atoms. The van der Waals surface area contributed by atoms with Gasteiger partial charge in [-0.05, 0) is 25.1 Å². The van der Waals surface area contributed by atoms with Crippen LogP contribution in [0.3, 0.4) is 0 Å². The fourth-order valence-corrected chi connectivity index (χ4v) is 4.86. The van der Waals surface area contributed by atoms with E-state index in [9.17, 15) is 28.5 Å². The van der Waals surface area contributed by atoms with Gasteiger partial charge in [-0.15, -0.1) is 0 Å². The Labute approximate surface area is 136 Å². The van der Waals surface area contributed by atoms with Crippen LogP contribution in [0.25, 0.3) is 0 Å². The Bertz CT molecular complexity index is 704. The molecule has 1 saturated heterocycles. The molecule has 3 N–H and O–H groups in total. The molecule has 1 aromatic carbocycles. The van der Waals surface area contributed by atoms with Crippen LogP contribution in [0.2, 0.25) is 10.0 Å². The summed E-state index contributed by atoms with van der Waals surface area (Å²) in [6.07, 6.45) is -3.29. The second-order valence-corrected chi connectivity index (χ2v) is 7.84. The summed E-state index contributed by atoms with van der Waals surface area (Å²) in [5, 5.41) is 29.0. The quantitative estimate of drug-likeness (QED) is 0.716. The number of aliphatic hydroxyl groups is 2. The number of carboxylic acid groups (broad SMARTS) is 1. The first kappa shape index (κ1) is 17.5. The van der Waals surface area contributed by atoms with E-state index < -0.39 is 40.3 Å². The first-order valence-electron chi connectivity index (χ1n) is 6.09. The molecule has 10 heteroatoms. The van der Waals surface area contributed by atoms with Crippen molar-refractivity contribution in [3.05, 3.63) is 28.2 Å². The molecule has 122 valence electrons. The summed E-state index contributed by atoms with van der Waals surface area (Å²) in [4.78, 5) is 11.2. The number of nitrogens with zero attached hydrogens (tertiary/aromatic N) is 1. The zero-order chi connectivity index (χ0) is 16.9. The molecular formula is C12H13Cl2NO6S. The van der Waals surface area contributed by atoms with Gasteiger partial charge in [0.1, 0.15) is 6.10 Å². The van der Waals surface area contributed by atoms with Crippen LogP contribution in [0.5, 0.6) is 0 Å². The van der Waals surface area contributed by atoms with Crippen molar-refractivity contribution in [2.45, 2.75) is 29.6 Å². The summed E-state index contributed by atoms with van der Waals surface area (Å²) in [5.41, 5.74) is -2.20. The Morgan fingerprint density at radius 2 is 1.77 bits per heavy atom. The number of sulfonamides is 1. The summed E-state index contributed by atoms with van der Waals surface area (Å²) in [6, 6.07) is 3.55. The van der Waals surface area contributed by atoms with E-state index in [4.69, 9.17) is 23.2 Å². The highest BCUT2D eigenvalue weighted by molar-refractivity contribution is 7.89. The molecule has 2 rings (SSSR count). The van der Waals surface area contributed by atoms with E-state index in [0.717, 1.165) is 19.1 Å². The molecule has 1 heterocycles. The number of hydrogen-bond donors (Lipinski definition) is 3. The molecule has 7 nitrogen and oxygen atoms in total. The van der Waals surface area contributed by atoms with Gasteiger partial charge in [0.15, 0.2) is 5.54 Å². The van der Waals surface area contributed by atoms with Gasteiger partial charge in [0.25, 0.3) is 0 Å². The van der Waals surface area contributed by atoms with Gasteiger partial charge in [-0.1, -0.05) is 23.2 Å². The maximum absolute atomic E-state index is 12.7. The van der Waals surface area contributed by atoms with E-state index >= 15 is 0 Å². The average Bonchev–Trinajstić information content (AvgIpc) is 2.64.